The van der Waals surface area contributed by atoms with E-state index >= 15 is 0 Å². The van der Waals surface area contributed by atoms with E-state index in [0.717, 1.165) is 16.7 Å². The van der Waals surface area contributed by atoms with Gasteiger partial charge in [-0.05, 0) is 40.9 Å². The molecule has 4 atom stereocenters. The van der Waals surface area contributed by atoms with Gasteiger partial charge in [0.15, 0.2) is 14.1 Å². The van der Waals surface area contributed by atoms with Crippen LogP contribution in [0.4, 0.5) is 0 Å². The van der Waals surface area contributed by atoms with Crippen LogP contribution in [0.3, 0.4) is 0 Å². The summed E-state index contributed by atoms with van der Waals surface area (Å²) in [6.07, 6.45) is 0.863. The molecule has 0 unspecified atom stereocenters. The Morgan fingerprint density at radius 1 is 0.650 bits per heavy atom. The number of ketones is 1. The first-order valence-electron chi connectivity index (χ1n) is 14.0. The molecule has 5 nitrogen and oxygen atoms in total. The van der Waals surface area contributed by atoms with E-state index in [2.05, 4.69) is 33.9 Å². The second kappa shape index (κ2) is 13.7. The standard InChI is InChI=1S/C34H42O5Si/c1-34(2,3)40(4,5)39-30-22-21-29(35)31(36-23-26-15-9-6-10-16-26)33(38-25-28-19-13-8-14-20-28)32(30)37-24-27-17-11-7-12-18-27/h6-22,30-33H,23-25H2,1-5H3/t30-,31+,32-,33-/m0/s1. The third kappa shape index (κ3) is 8.09. The Morgan fingerprint density at radius 3 is 1.52 bits per heavy atom. The molecule has 0 aromatic heterocycles. The first-order chi connectivity index (χ1) is 19.1. The summed E-state index contributed by atoms with van der Waals surface area (Å²) in [4.78, 5) is 13.6. The molecule has 3 aromatic carbocycles. The van der Waals surface area contributed by atoms with Crippen molar-refractivity contribution in [2.45, 2.75) is 83.1 Å². The van der Waals surface area contributed by atoms with E-state index in [9.17, 15) is 4.79 Å². The zero-order valence-electron chi connectivity index (χ0n) is 24.3. The van der Waals surface area contributed by atoms with E-state index < -0.39 is 32.7 Å². The van der Waals surface area contributed by atoms with Crippen molar-refractivity contribution >= 4 is 14.1 Å². The van der Waals surface area contributed by atoms with Gasteiger partial charge in [-0.3, -0.25) is 4.79 Å². The van der Waals surface area contributed by atoms with Gasteiger partial charge >= 0.3 is 0 Å². The average molecular weight is 559 g/mol. The van der Waals surface area contributed by atoms with Crippen molar-refractivity contribution < 1.29 is 23.4 Å². The van der Waals surface area contributed by atoms with Gasteiger partial charge in [0.2, 0.25) is 0 Å². The molecule has 0 bridgehead atoms. The van der Waals surface area contributed by atoms with E-state index in [1.165, 1.54) is 0 Å². The lowest BCUT2D eigenvalue weighted by Gasteiger charge is -2.42. The molecule has 0 saturated heterocycles. The molecular weight excluding hydrogens is 516 g/mol. The predicted octanol–water partition coefficient (Wildman–Crippen LogP) is 7.27. The normalized spacial score (nSPS) is 21.8. The van der Waals surface area contributed by atoms with Gasteiger partial charge in [0, 0.05) is 0 Å². The SMILES string of the molecule is CC(C)(C)[Si](C)(C)O[C@H]1C=CC(=O)[C@@H](OCc2ccccc2)[C@H](OCc2ccccc2)[C@H]1OCc1ccccc1. The van der Waals surface area contributed by atoms with Crippen LogP contribution in [0, 0.1) is 0 Å². The number of benzene rings is 3. The number of carbonyl (C=O) groups excluding carboxylic acids is 1. The van der Waals surface area contributed by atoms with Crippen molar-refractivity contribution in [3.8, 4) is 0 Å². The van der Waals surface area contributed by atoms with E-state index in [4.69, 9.17) is 18.6 Å². The summed E-state index contributed by atoms with van der Waals surface area (Å²) >= 11 is 0. The number of hydrogen-bond acceptors (Lipinski definition) is 5. The van der Waals surface area contributed by atoms with Crippen LogP contribution in [0.5, 0.6) is 0 Å². The van der Waals surface area contributed by atoms with Crippen molar-refractivity contribution in [2.24, 2.45) is 0 Å². The van der Waals surface area contributed by atoms with E-state index in [1.54, 1.807) is 6.08 Å². The minimum Gasteiger partial charge on any atom is -0.408 e. The Kier molecular flexibility index (Phi) is 10.3. The zero-order chi connectivity index (χ0) is 28.6. The molecule has 0 radical (unpaired) electrons. The molecule has 212 valence electrons. The fourth-order valence-electron chi connectivity index (χ4n) is 4.38. The summed E-state index contributed by atoms with van der Waals surface area (Å²) in [5.74, 6) is -0.149. The first-order valence-corrected chi connectivity index (χ1v) is 16.9. The largest absolute Gasteiger partial charge is 0.408 e. The molecule has 1 aliphatic carbocycles. The predicted molar refractivity (Wildman–Crippen MR) is 161 cm³/mol. The molecule has 4 rings (SSSR count). The molecule has 0 fully saturated rings. The molecule has 1 aliphatic rings. The molecular formula is C34H42O5Si. The average Bonchev–Trinajstić information content (AvgIpc) is 3.06. The quantitative estimate of drug-likeness (QED) is 0.232. The van der Waals surface area contributed by atoms with Crippen LogP contribution in [-0.2, 0) is 43.3 Å². The third-order valence-corrected chi connectivity index (χ3v) is 12.2. The maximum atomic E-state index is 13.6. The minimum absolute atomic E-state index is 0.0231. The van der Waals surface area contributed by atoms with Crippen LogP contribution in [-0.4, -0.2) is 38.5 Å². The highest BCUT2D eigenvalue weighted by Gasteiger charge is 2.46. The number of hydrogen-bond donors (Lipinski definition) is 0. The summed E-state index contributed by atoms with van der Waals surface area (Å²) in [5.41, 5.74) is 3.04. The van der Waals surface area contributed by atoms with Crippen LogP contribution in [0.25, 0.3) is 0 Å². The Hall–Kier alpha value is -2.87. The lowest BCUT2D eigenvalue weighted by molar-refractivity contribution is -0.173. The number of ether oxygens (including phenoxy) is 3. The van der Waals surface area contributed by atoms with Gasteiger partial charge in [0.1, 0.15) is 18.3 Å². The van der Waals surface area contributed by atoms with Gasteiger partial charge in [-0.25, -0.2) is 0 Å². The monoisotopic (exact) mass is 558 g/mol. The second-order valence-corrected chi connectivity index (χ2v) is 16.6. The van der Waals surface area contributed by atoms with E-state index in [1.807, 2.05) is 97.1 Å². The van der Waals surface area contributed by atoms with Crippen molar-refractivity contribution in [3.63, 3.8) is 0 Å². The van der Waals surface area contributed by atoms with Crippen molar-refractivity contribution in [2.75, 3.05) is 0 Å². The molecule has 0 amide bonds. The highest BCUT2D eigenvalue weighted by molar-refractivity contribution is 6.74. The number of rotatable bonds is 11. The Balaban J connectivity index is 1.68. The lowest BCUT2D eigenvalue weighted by atomic mass is 10.0. The lowest BCUT2D eigenvalue weighted by Crippen LogP contribution is -2.53. The third-order valence-electron chi connectivity index (χ3n) is 7.76. The topological polar surface area (TPSA) is 54.0 Å². The van der Waals surface area contributed by atoms with Crippen molar-refractivity contribution in [1.82, 2.24) is 0 Å². The van der Waals surface area contributed by atoms with Crippen molar-refractivity contribution in [3.05, 3.63) is 120 Å². The minimum atomic E-state index is -2.24. The molecule has 3 aromatic rings. The second-order valence-electron chi connectivity index (χ2n) is 11.8. The van der Waals surface area contributed by atoms with Gasteiger partial charge < -0.3 is 18.6 Å². The van der Waals surface area contributed by atoms with Gasteiger partial charge in [0.05, 0.1) is 25.9 Å². The highest BCUT2D eigenvalue weighted by Crippen LogP contribution is 2.39. The maximum absolute atomic E-state index is 13.6. The van der Waals surface area contributed by atoms with Crippen LogP contribution in [0.2, 0.25) is 18.1 Å². The van der Waals surface area contributed by atoms with E-state index in [-0.39, 0.29) is 17.4 Å². The smallest absolute Gasteiger partial charge is 0.193 e. The Morgan fingerprint density at radius 2 is 1.07 bits per heavy atom. The first kappa shape index (κ1) is 30.1. The molecule has 0 saturated carbocycles. The van der Waals surface area contributed by atoms with Crippen LogP contribution < -0.4 is 0 Å². The molecule has 40 heavy (non-hydrogen) atoms. The number of carbonyl (C=O) groups is 1. The fourth-order valence-corrected chi connectivity index (χ4v) is 5.63. The van der Waals surface area contributed by atoms with Crippen LogP contribution in [0.15, 0.2) is 103 Å². The van der Waals surface area contributed by atoms with Crippen molar-refractivity contribution in [1.29, 1.82) is 0 Å². The van der Waals surface area contributed by atoms with Gasteiger partial charge in [-0.15, -0.1) is 0 Å². The van der Waals surface area contributed by atoms with Crippen LogP contribution in [0.1, 0.15) is 37.5 Å². The maximum Gasteiger partial charge on any atom is 0.193 e. The Bertz CT molecular complexity index is 1220. The van der Waals surface area contributed by atoms with Gasteiger partial charge in [-0.2, -0.15) is 0 Å². The van der Waals surface area contributed by atoms with Gasteiger partial charge in [0.25, 0.3) is 0 Å². The van der Waals surface area contributed by atoms with Crippen LogP contribution >= 0.6 is 0 Å². The highest BCUT2D eigenvalue weighted by atomic mass is 28.4. The molecule has 0 heterocycles. The fraction of sp³-hybridized carbons (Fsp3) is 0.382. The molecule has 0 N–H and O–H groups in total. The summed E-state index contributed by atoms with van der Waals surface area (Å²) in [6, 6.07) is 29.9. The van der Waals surface area contributed by atoms with Gasteiger partial charge in [-0.1, -0.05) is 118 Å². The summed E-state index contributed by atoms with van der Waals surface area (Å²) in [7, 11) is -2.24. The zero-order valence-corrected chi connectivity index (χ0v) is 25.3. The molecule has 0 aliphatic heterocycles. The Labute approximate surface area is 240 Å². The van der Waals surface area contributed by atoms with E-state index in [0.29, 0.717) is 13.2 Å². The summed E-state index contributed by atoms with van der Waals surface area (Å²) in [5, 5.41) is -0.0231. The molecule has 6 heteroatoms. The summed E-state index contributed by atoms with van der Waals surface area (Å²) < 4.78 is 26.5. The molecule has 0 spiro atoms. The summed E-state index contributed by atoms with van der Waals surface area (Å²) in [6.45, 7) is 12.0.